The molecule has 8 bridgehead atoms. The maximum absolute atomic E-state index is 13.4. The maximum atomic E-state index is 13.4. The Balaban J connectivity index is 0.0000116. The van der Waals surface area contributed by atoms with Crippen molar-refractivity contribution in [1.29, 1.82) is 0 Å². The molecule has 2 atom stereocenters. The zero-order valence-electron chi connectivity index (χ0n) is 44.4. The molecule has 73 heavy (non-hydrogen) atoms. The fraction of sp³-hybridized carbons (Fsp3) is 0.455. The number of aromatic nitrogens is 4. The molecule has 18 heteroatoms. The van der Waals surface area contributed by atoms with Gasteiger partial charge < -0.3 is 31.0 Å². The van der Waals surface area contributed by atoms with Crippen LogP contribution in [0.2, 0.25) is 0 Å². The van der Waals surface area contributed by atoms with Crippen molar-refractivity contribution in [2.75, 3.05) is 19.6 Å². The number of allylic oxidation sites excluding steroid dienone is 5. The molecule has 0 radical (unpaired) electrons. The van der Waals surface area contributed by atoms with Gasteiger partial charge in [0.1, 0.15) is 0 Å². The predicted molar refractivity (Wildman–Crippen MR) is 286 cm³/mol. The molecule has 5 heterocycles. The summed E-state index contributed by atoms with van der Waals surface area (Å²) in [7, 11) is 0. The van der Waals surface area contributed by atoms with Crippen LogP contribution in [0, 0.1) is 24.7 Å². The van der Waals surface area contributed by atoms with Gasteiger partial charge in [0.15, 0.2) is 0 Å². The van der Waals surface area contributed by atoms with Gasteiger partial charge in [0.25, 0.3) is 0 Å². The van der Waals surface area contributed by atoms with Gasteiger partial charge in [0.2, 0.25) is 29.5 Å². The number of nitrogens with two attached hydrogens (primary N) is 1. The van der Waals surface area contributed by atoms with Crippen LogP contribution >= 0.6 is 0 Å². The first-order valence-corrected chi connectivity index (χ1v) is 24.7. The number of amides is 5. The molecule has 3 aromatic heterocycles. The number of fused-ring (bicyclic) bond motifs is 8. The third kappa shape index (κ3) is 14.9. The smallest absolute Gasteiger partial charge is 0.657 e. The van der Waals surface area contributed by atoms with Gasteiger partial charge in [-0.3, -0.25) is 29.4 Å². The molecule has 17 nitrogen and oxygen atoms in total. The van der Waals surface area contributed by atoms with E-state index in [9.17, 15) is 29.1 Å². The van der Waals surface area contributed by atoms with Crippen molar-refractivity contribution in [2.24, 2.45) is 21.8 Å². The topological polar surface area (TPSA) is 258 Å². The molecule has 2 aliphatic rings. The van der Waals surface area contributed by atoms with Gasteiger partial charge in [-0.15, -0.1) is 22.1 Å². The van der Waals surface area contributed by atoms with Gasteiger partial charge in [-0.25, -0.2) is 21.2 Å². The molecule has 2 aliphatic heterocycles. The summed E-state index contributed by atoms with van der Waals surface area (Å²) in [5, 5.41) is 22.4. The van der Waals surface area contributed by atoms with Gasteiger partial charge in [0.05, 0.1) is 28.9 Å². The quantitative estimate of drug-likeness (QED) is 0.0130. The Morgan fingerprint density at radius 3 is 2.01 bits per heavy atom. The molecular formula is C55H73N11O6Zn. The van der Waals surface area contributed by atoms with E-state index in [-0.39, 0.29) is 74.8 Å². The van der Waals surface area contributed by atoms with E-state index in [1.807, 2.05) is 65.8 Å². The zero-order chi connectivity index (χ0) is 53.1. The van der Waals surface area contributed by atoms with E-state index in [2.05, 4.69) is 45.1 Å². The summed E-state index contributed by atoms with van der Waals surface area (Å²) in [5.74, 6) is 4.27. The van der Waals surface area contributed by atoms with E-state index >= 15 is 0 Å². The van der Waals surface area contributed by atoms with E-state index < -0.39 is 16.9 Å². The SMILES string of the molecule is C=CC1=C(C)c2cc3[n-]c(cc4nc(cc5[n-]c(cc1n2)c(C)c5CCC(=O)NN)C(CCC(=O)N/N=C(/C)CCC(=O)NCCCNC(=O)C(C)(C)CC(C)(CC)C(=O)NCC(C)O)=C4C)c(C)c3C=C.[Zn+2]. The molecule has 5 rings (SSSR count). The second kappa shape index (κ2) is 26.0. The molecule has 0 saturated carbocycles. The van der Waals surface area contributed by atoms with Crippen molar-refractivity contribution in [1.82, 2.24) is 46.7 Å². The summed E-state index contributed by atoms with van der Waals surface area (Å²) in [6, 6.07) is 7.75. The number of nitrogens with zero attached hydrogens (tertiary/aromatic N) is 5. The molecule has 0 saturated heterocycles. The number of hydrogen-bond acceptors (Lipinski definition) is 10. The minimum Gasteiger partial charge on any atom is -0.657 e. The number of aryl methyl sites for hydroxylation is 3. The van der Waals surface area contributed by atoms with Crippen LogP contribution in [0.25, 0.3) is 50.4 Å². The van der Waals surface area contributed by atoms with Gasteiger partial charge in [-0.2, -0.15) is 5.10 Å². The molecule has 5 amide bonds. The summed E-state index contributed by atoms with van der Waals surface area (Å²) < 4.78 is 0. The Hall–Kier alpha value is -6.36. The number of hydrogen-bond donors (Lipinski definition) is 7. The number of rotatable bonds is 23. The van der Waals surface area contributed by atoms with Crippen LogP contribution in [0.15, 0.2) is 48.6 Å². The fourth-order valence-electron chi connectivity index (χ4n) is 8.98. The summed E-state index contributed by atoms with van der Waals surface area (Å²) in [5.41, 5.74) is 16.5. The average Bonchev–Trinajstić information content (AvgIpc) is 4.01. The molecule has 386 valence electrons. The first-order chi connectivity index (χ1) is 34.1. The second-order valence-corrected chi connectivity index (χ2v) is 19.7. The third-order valence-electron chi connectivity index (χ3n) is 13.6. The standard InChI is InChI=1S/C55H75N11O6.Zn/c1-13-37-33(6)41-25-42-35(8)40(48(62-42)28-47-39(18-21-50(69)64-56)36(9)44(63-47)27-46-38(14-2)34(7)43(61-46)26-45(37)60-41)19-22-51(70)66-65-31(4)17-20-49(68)57-23-16-24-58-52(71)54(10,11)30-55(12,15-3)53(72)59-29-32(5)67;/h13-14,25-28,32,67H,1-2,15-24,29-30H2,3-12H3,(H9,56,57,58,59,60,61,62,63,64,66,68,69,70,71,72);/q;+2/p-2/b41-25?,42-25?,43-26?,44-27?,45-26?,46-27?,47-28?,48-28?,65-31-;. The van der Waals surface area contributed by atoms with Crippen molar-refractivity contribution in [3.05, 3.63) is 88.5 Å². The van der Waals surface area contributed by atoms with Crippen LogP contribution in [-0.4, -0.2) is 76.1 Å². The average molecular weight is 1050 g/mol. The maximum Gasteiger partial charge on any atom is 2.00 e. The minimum atomic E-state index is -0.829. The van der Waals surface area contributed by atoms with Crippen molar-refractivity contribution < 1.29 is 48.6 Å². The van der Waals surface area contributed by atoms with E-state index in [0.29, 0.717) is 85.4 Å². The number of nitrogens with one attached hydrogen (secondary N) is 5. The van der Waals surface area contributed by atoms with E-state index in [4.69, 9.17) is 25.8 Å². The Labute approximate surface area is 442 Å². The number of hydrazine groups is 1. The molecule has 0 fully saturated rings. The molecule has 3 aromatic rings. The molecule has 8 N–H and O–H groups in total. The Morgan fingerprint density at radius 2 is 1.36 bits per heavy atom. The van der Waals surface area contributed by atoms with Crippen molar-refractivity contribution >= 4 is 85.7 Å². The Bertz CT molecular complexity index is 2890. The zero-order valence-corrected chi connectivity index (χ0v) is 47.4. The normalized spacial score (nSPS) is 13.9. The number of carbonyl (C=O) groups excluding carboxylic acids is 5. The van der Waals surface area contributed by atoms with Crippen molar-refractivity contribution in [3.63, 3.8) is 0 Å². The fourth-order valence-corrected chi connectivity index (χ4v) is 8.98. The molecule has 0 aliphatic carbocycles. The van der Waals surface area contributed by atoms with Crippen LogP contribution in [0.4, 0.5) is 0 Å². The summed E-state index contributed by atoms with van der Waals surface area (Å²) in [6.45, 7) is 27.6. The van der Waals surface area contributed by atoms with E-state index in [0.717, 1.165) is 61.3 Å². The third-order valence-corrected chi connectivity index (χ3v) is 13.6. The largest absolute Gasteiger partial charge is 2.00 e. The summed E-state index contributed by atoms with van der Waals surface area (Å²) in [6.07, 6.45) is 5.70. The van der Waals surface area contributed by atoms with Gasteiger partial charge in [-0.1, -0.05) is 94.0 Å². The first-order valence-electron chi connectivity index (χ1n) is 24.7. The first kappa shape index (κ1) is 59.2. The van der Waals surface area contributed by atoms with Gasteiger partial charge in [0, 0.05) is 61.0 Å². The van der Waals surface area contributed by atoms with E-state index in [1.165, 1.54) is 0 Å². The van der Waals surface area contributed by atoms with Crippen molar-refractivity contribution in [3.8, 4) is 0 Å². The Kier molecular flexibility index (Phi) is 21.1. The van der Waals surface area contributed by atoms with E-state index in [1.54, 1.807) is 39.8 Å². The van der Waals surface area contributed by atoms with Crippen LogP contribution in [0.3, 0.4) is 0 Å². The minimum absolute atomic E-state index is 0. The van der Waals surface area contributed by atoms with Crippen molar-refractivity contribution in [2.45, 2.75) is 133 Å². The van der Waals surface area contributed by atoms with Gasteiger partial charge >= 0.3 is 19.5 Å². The van der Waals surface area contributed by atoms with Gasteiger partial charge in [-0.05, 0) is 102 Å². The monoisotopic (exact) mass is 1050 g/mol. The predicted octanol–water partition coefficient (Wildman–Crippen LogP) is 6.80. The Morgan fingerprint density at radius 1 is 0.753 bits per heavy atom. The summed E-state index contributed by atoms with van der Waals surface area (Å²) in [4.78, 5) is 84.7. The molecule has 0 aromatic carbocycles. The molecule has 2 unspecified atom stereocenters. The molecular weight excluding hydrogens is 976 g/mol. The number of aliphatic hydroxyl groups excluding tert-OH is 1. The molecule has 0 spiro atoms. The number of carbonyl (C=O) groups is 5. The van der Waals surface area contributed by atoms with Crippen LogP contribution in [0.1, 0.15) is 152 Å². The van der Waals surface area contributed by atoms with Crippen LogP contribution < -0.4 is 42.6 Å². The second-order valence-electron chi connectivity index (χ2n) is 19.7. The number of hydrazone groups is 1. The van der Waals surface area contributed by atoms with Crippen LogP contribution in [0.5, 0.6) is 0 Å². The summed E-state index contributed by atoms with van der Waals surface area (Å²) >= 11 is 0. The van der Waals surface area contributed by atoms with Crippen LogP contribution in [-0.2, 0) is 49.9 Å². The number of aliphatic hydroxyl groups is 1.